The van der Waals surface area contributed by atoms with Crippen molar-refractivity contribution in [3.8, 4) is 5.75 Å². The van der Waals surface area contributed by atoms with E-state index in [1.54, 1.807) is 0 Å². The first kappa shape index (κ1) is 14.4. The maximum Gasteiger partial charge on any atom is 0.123 e. The van der Waals surface area contributed by atoms with Gasteiger partial charge >= 0.3 is 0 Å². The molecule has 0 heterocycles. The molecule has 0 saturated heterocycles. The van der Waals surface area contributed by atoms with Gasteiger partial charge in [-0.05, 0) is 39.7 Å². The van der Waals surface area contributed by atoms with Crippen LogP contribution < -0.4 is 10.1 Å². The molecule has 0 radical (unpaired) electrons. The SMILES string of the molecule is Cc1ccc(OCCOC(C)C)c(CNC2CC2)c1. The van der Waals surface area contributed by atoms with Gasteiger partial charge in [-0.15, -0.1) is 0 Å². The lowest BCUT2D eigenvalue weighted by molar-refractivity contribution is 0.0550. The number of hydrogen-bond donors (Lipinski definition) is 1. The third-order valence-corrected chi connectivity index (χ3v) is 3.17. The third-order valence-electron chi connectivity index (χ3n) is 3.17. The van der Waals surface area contributed by atoms with Gasteiger partial charge < -0.3 is 14.8 Å². The monoisotopic (exact) mass is 263 g/mol. The first-order chi connectivity index (χ1) is 9.15. The molecule has 0 amide bonds. The molecule has 1 aliphatic carbocycles. The molecular weight excluding hydrogens is 238 g/mol. The fourth-order valence-electron chi connectivity index (χ4n) is 1.96. The van der Waals surface area contributed by atoms with Crippen LogP contribution >= 0.6 is 0 Å². The molecular formula is C16H25NO2. The second kappa shape index (κ2) is 6.92. The minimum atomic E-state index is 0.262. The number of nitrogens with one attached hydrogen (secondary N) is 1. The highest BCUT2D eigenvalue weighted by molar-refractivity contribution is 5.37. The summed E-state index contributed by atoms with van der Waals surface area (Å²) >= 11 is 0. The van der Waals surface area contributed by atoms with Crippen molar-refractivity contribution in [3.05, 3.63) is 29.3 Å². The van der Waals surface area contributed by atoms with Crippen molar-refractivity contribution in [1.29, 1.82) is 0 Å². The van der Waals surface area contributed by atoms with Crippen LogP contribution in [0.2, 0.25) is 0 Å². The van der Waals surface area contributed by atoms with Crippen molar-refractivity contribution in [2.45, 2.75) is 52.3 Å². The van der Waals surface area contributed by atoms with Crippen LogP contribution in [0.25, 0.3) is 0 Å². The highest BCUT2D eigenvalue weighted by Crippen LogP contribution is 2.23. The number of benzene rings is 1. The first-order valence-electron chi connectivity index (χ1n) is 7.22. The first-order valence-corrected chi connectivity index (χ1v) is 7.22. The van der Waals surface area contributed by atoms with Gasteiger partial charge in [0.1, 0.15) is 12.4 Å². The van der Waals surface area contributed by atoms with Crippen LogP contribution in [-0.2, 0) is 11.3 Å². The summed E-state index contributed by atoms with van der Waals surface area (Å²) in [6.07, 6.45) is 2.88. The predicted octanol–water partition coefficient (Wildman–Crippen LogP) is 3.05. The van der Waals surface area contributed by atoms with E-state index in [4.69, 9.17) is 9.47 Å². The molecule has 1 saturated carbocycles. The Labute approximate surface area is 116 Å². The van der Waals surface area contributed by atoms with E-state index in [-0.39, 0.29) is 6.10 Å². The molecule has 0 spiro atoms. The summed E-state index contributed by atoms with van der Waals surface area (Å²) in [7, 11) is 0. The molecule has 106 valence electrons. The molecule has 19 heavy (non-hydrogen) atoms. The average molecular weight is 263 g/mol. The van der Waals surface area contributed by atoms with Gasteiger partial charge in [0.15, 0.2) is 0 Å². The summed E-state index contributed by atoms with van der Waals surface area (Å²) < 4.78 is 11.3. The van der Waals surface area contributed by atoms with Gasteiger partial charge in [-0.2, -0.15) is 0 Å². The van der Waals surface area contributed by atoms with Crippen molar-refractivity contribution in [2.24, 2.45) is 0 Å². The molecule has 1 aromatic carbocycles. The zero-order valence-electron chi connectivity index (χ0n) is 12.2. The smallest absolute Gasteiger partial charge is 0.123 e. The van der Waals surface area contributed by atoms with Gasteiger partial charge in [-0.25, -0.2) is 0 Å². The van der Waals surface area contributed by atoms with Crippen LogP contribution in [0.3, 0.4) is 0 Å². The van der Waals surface area contributed by atoms with Crippen LogP contribution in [0.15, 0.2) is 18.2 Å². The maximum absolute atomic E-state index is 5.83. The second-order valence-corrected chi connectivity index (χ2v) is 5.53. The molecule has 1 fully saturated rings. The zero-order valence-corrected chi connectivity index (χ0v) is 12.2. The van der Waals surface area contributed by atoms with Crippen LogP contribution in [0.4, 0.5) is 0 Å². The van der Waals surface area contributed by atoms with E-state index in [9.17, 15) is 0 Å². The lowest BCUT2D eigenvalue weighted by Crippen LogP contribution is -2.17. The van der Waals surface area contributed by atoms with Crippen LogP contribution in [0, 0.1) is 6.92 Å². The number of ether oxygens (including phenoxy) is 2. The quantitative estimate of drug-likeness (QED) is 0.731. The summed E-state index contributed by atoms with van der Waals surface area (Å²) in [5.74, 6) is 0.978. The lowest BCUT2D eigenvalue weighted by Gasteiger charge is -2.14. The molecule has 1 N–H and O–H groups in total. The fraction of sp³-hybridized carbons (Fsp3) is 0.625. The van der Waals surface area contributed by atoms with E-state index < -0.39 is 0 Å². The Hall–Kier alpha value is -1.06. The Bertz CT molecular complexity index is 400. The van der Waals surface area contributed by atoms with Crippen LogP contribution in [0.5, 0.6) is 5.75 Å². The molecule has 3 heteroatoms. The molecule has 1 aromatic rings. The Balaban J connectivity index is 1.85. The van der Waals surface area contributed by atoms with Crippen molar-refractivity contribution < 1.29 is 9.47 Å². The van der Waals surface area contributed by atoms with E-state index in [1.165, 1.54) is 24.0 Å². The molecule has 3 nitrogen and oxygen atoms in total. The van der Waals surface area contributed by atoms with Gasteiger partial charge in [0.05, 0.1) is 12.7 Å². The van der Waals surface area contributed by atoms with Crippen LogP contribution in [-0.4, -0.2) is 25.4 Å². The maximum atomic E-state index is 5.83. The Morgan fingerprint density at radius 2 is 2.05 bits per heavy atom. The van der Waals surface area contributed by atoms with Crippen molar-refractivity contribution in [2.75, 3.05) is 13.2 Å². The van der Waals surface area contributed by atoms with E-state index in [1.807, 2.05) is 13.8 Å². The minimum Gasteiger partial charge on any atom is -0.491 e. The summed E-state index contributed by atoms with van der Waals surface area (Å²) in [5, 5.41) is 3.54. The summed E-state index contributed by atoms with van der Waals surface area (Å²) in [6, 6.07) is 7.08. The molecule has 2 rings (SSSR count). The Morgan fingerprint density at radius 3 is 2.74 bits per heavy atom. The Kier molecular flexibility index (Phi) is 5.23. The third kappa shape index (κ3) is 5.21. The van der Waals surface area contributed by atoms with Crippen molar-refractivity contribution >= 4 is 0 Å². The summed E-state index contributed by atoms with van der Waals surface area (Å²) in [6.45, 7) is 8.34. The van der Waals surface area contributed by atoms with E-state index in [2.05, 4.69) is 30.4 Å². The molecule has 0 atom stereocenters. The fourth-order valence-corrected chi connectivity index (χ4v) is 1.96. The van der Waals surface area contributed by atoms with E-state index >= 15 is 0 Å². The summed E-state index contributed by atoms with van der Waals surface area (Å²) in [4.78, 5) is 0. The minimum absolute atomic E-state index is 0.262. The molecule has 0 aromatic heterocycles. The van der Waals surface area contributed by atoms with Gasteiger partial charge in [-0.1, -0.05) is 17.7 Å². The summed E-state index contributed by atoms with van der Waals surface area (Å²) in [5.41, 5.74) is 2.52. The second-order valence-electron chi connectivity index (χ2n) is 5.53. The topological polar surface area (TPSA) is 30.5 Å². The highest BCUT2D eigenvalue weighted by atomic mass is 16.5. The lowest BCUT2D eigenvalue weighted by atomic mass is 10.1. The van der Waals surface area contributed by atoms with Gasteiger partial charge in [0.25, 0.3) is 0 Å². The van der Waals surface area contributed by atoms with Gasteiger partial charge in [0, 0.05) is 18.2 Å². The number of aryl methyl sites for hydroxylation is 1. The number of rotatable bonds is 8. The van der Waals surface area contributed by atoms with Gasteiger partial charge in [0.2, 0.25) is 0 Å². The van der Waals surface area contributed by atoms with Crippen molar-refractivity contribution in [3.63, 3.8) is 0 Å². The molecule has 0 aliphatic heterocycles. The average Bonchev–Trinajstić information content (AvgIpc) is 3.17. The molecule has 0 unspecified atom stereocenters. The van der Waals surface area contributed by atoms with Crippen LogP contribution in [0.1, 0.15) is 37.8 Å². The normalized spacial score (nSPS) is 14.9. The van der Waals surface area contributed by atoms with E-state index in [0.29, 0.717) is 13.2 Å². The molecule has 1 aliphatic rings. The van der Waals surface area contributed by atoms with Gasteiger partial charge in [-0.3, -0.25) is 0 Å². The number of hydrogen-bond acceptors (Lipinski definition) is 3. The Morgan fingerprint density at radius 1 is 1.26 bits per heavy atom. The standard InChI is InChI=1S/C16H25NO2/c1-12(2)18-8-9-19-16-7-4-13(3)10-14(16)11-17-15-5-6-15/h4,7,10,12,15,17H,5-6,8-9,11H2,1-3H3. The zero-order chi connectivity index (χ0) is 13.7. The van der Waals surface area contributed by atoms with E-state index in [0.717, 1.165) is 18.3 Å². The largest absolute Gasteiger partial charge is 0.491 e. The predicted molar refractivity (Wildman–Crippen MR) is 77.6 cm³/mol. The highest BCUT2D eigenvalue weighted by Gasteiger charge is 2.20. The van der Waals surface area contributed by atoms with Crippen molar-refractivity contribution in [1.82, 2.24) is 5.32 Å². The molecule has 0 bridgehead atoms.